The summed E-state index contributed by atoms with van der Waals surface area (Å²) in [5.41, 5.74) is 0. The molecule has 18 heavy (non-hydrogen) atoms. The van der Waals surface area contributed by atoms with Gasteiger partial charge in [0.15, 0.2) is 0 Å². The monoisotopic (exact) mass is 552 g/mol. The summed E-state index contributed by atoms with van der Waals surface area (Å²) in [4.78, 5) is 0. The van der Waals surface area contributed by atoms with Crippen LogP contribution in [0.1, 0.15) is 0 Å². The molecule has 0 saturated carbocycles. The van der Waals surface area contributed by atoms with E-state index < -0.39 is 0 Å². The van der Waals surface area contributed by atoms with Crippen molar-refractivity contribution in [2.45, 2.75) is 0 Å². The third-order valence-electron chi connectivity index (χ3n) is 1.84. The molecule has 6 heteroatoms. The second kappa shape index (κ2) is 14.8. The maximum absolute atomic E-state index is 4.81. The van der Waals surface area contributed by atoms with Crippen LogP contribution in [-0.4, -0.2) is 0 Å². The van der Waals surface area contributed by atoms with Crippen LogP contribution in [0.25, 0.3) is 0 Å². The van der Waals surface area contributed by atoms with Crippen LogP contribution in [0.5, 0.6) is 0 Å². The van der Waals surface area contributed by atoms with Crippen LogP contribution in [-0.2, 0) is 28.7 Å². The van der Waals surface area contributed by atoms with Crippen molar-refractivity contribution >= 4 is 58.6 Å². The summed E-state index contributed by atoms with van der Waals surface area (Å²) in [7, 11) is 10.4. The molecule has 0 N–H and O–H groups in total. The molecule has 0 saturated heterocycles. The molecule has 0 aliphatic heterocycles. The molecule has 0 aliphatic carbocycles. The first-order chi connectivity index (χ1) is 8.86. The van der Waals surface area contributed by atoms with Gasteiger partial charge in [-0.1, -0.05) is 69.2 Å². The molecule has 0 atom stereocenters. The summed E-state index contributed by atoms with van der Waals surface area (Å²) in [6.07, 6.45) is 0. The first kappa shape index (κ1) is 19.4. The summed E-state index contributed by atoms with van der Waals surface area (Å²) in [5, 5.41) is 2.79. The van der Waals surface area contributed by atoms with E-state index >= 15 is 0 Å². The molecule has 0 nitrogen and oxygen atoms in total. The van der Waals surface area contributed by atoms with Crippen LogP contribution in [0.3, 0.4) is 0 Å². The maximum Gasteiger partial charge on any atom is -0.0226 e. The van der Waals surface area contributed by atoms with Gasteiger partial charge >= 0.3 is 68.1 Å². The largest absolute Gasteiger partial charge is 0.0622 e. The molecule has 0 spiro atoms. The number of halogens is 3. The van der Waals surface area contributed by atoms with Gasteiger partial charge in [-0.25, -0.2) is 0 Å². The Hall–Kier alpha value is 1.36. The van der Waals surface area contributed by atoms with Gasteiger partial charge in [0.1, 0.15) is 0 Å². The molecule has 2 aromatic rings. The second-order valence-corrected chi connectivity index (χ2v) is 6.67. The quantitative estimate of drug-likeness (QED) is 0.290. The number of hydrogen-bond donors (Lipinski definition) is 0. The van der Waals surface area contributed by atoms with Gasteiger partial charge in [-0.15, -0.1) is 0 Å². The predicted octanol–water partition coefficient (Wildman–Crippen LogP) is 4.58. The van der Waals surface area contributed by atoms with Gasteiger partial charge < -0.3 is 0 Å². The SMILES string of the molecule is [Cl][Pd][Cl].[Cu][I].c1ccc(Pc2ccccc2)cc1. The van der Waals surface area contributed by atoms with E-state index in [1.165, 1.54) is 10.6 Å². The molecule has 106 valence electrons. The molecule has 2 rings (SSSR count). The predicted molar refractivity (Wildman–Crippen MR) is 86.2 cm³/mol. The molecule has 2 aromatic carbocycles. The third-order valence-corrected chi connectivity index (χ3v) is 3.08. The molecule has 0 unspecified atom stereocenters. The smallest absolute Gasteiger partial charge is 0.0226 e. The third kappa shape index (κ3) is 10.2. The Morgan fingerprint density at radius 2 is 1.06 bits per heavy atom. The van der Waals surface area contributed by atoms with Gasteiger partial charge in [0.25, 0.3) is 0 Å². The van der Waals surface area contributed by atoms with Gasteiger partial charge in [-0.3, -0.25) is 0 Å². The average Bonchev–Trinajstić information content (AvgIpc) is 2.44. The zero-order valence-corrected chi connectivity index (χ0v) is 16.2. The van der Waals surface area contributed by atoms with Crippen LogP contribution in [0.15, 0.2) is 60.7 Å². The van der Waals surface area contributed by atoms with Crippen LogP contribution >= 0.6 is 48.0 Å². The van der Waals surface area contributed by atoms with E-state index in [0.29, 0.717) is 0 Å². The average molecular weight is 554 g/mol. The fourth-order valence-electron chi connectivity index (χ4n) is 1.21. The Morgan fingerprint density at radius 3 is 1.33 bits per heavy atom. The van der Waals surface area contributed by atoms with Crippen molar-refractivity contribution < 1.29 is 28.7 Å². The first-order valence-electron chi connectivity index (χ1n) is 4.67. The number of hydrogen-bond acceptors (Lipinski definition) is 0. The molecular formula is C12H11Cl2CuIPPd. The van der Waals surface area contributed by atoms with Crippen LogP contribution in [0.2, 0.25) is 0 Å². The molecule has 0 heterocycles. The van der Waals surface area contributed by atoms with Gasteiger partial charge in [-0.2, -0.15) is 0 Å². The molecule has 0 amide bonds. The zero-order chi connectivity index (χ0) is 13.6. The van der Waals surface area contributed by atoms with Gasteiger partial charge in [0.2, 0.25) is 0 Å². The Balaban J connectivity index is 0.000000509. The van der Waals surface area contributed by atoms with E-state index in [-0.39, 0.29) is 15.9 Å². The van der Waals surface area contributed by atoms with Crippen molar-refractivity contribution in [1.29, 1.82) is 0 Å². The van der Waals surface area contributed by atoms with Crippen LogP contribution in [0, 0.1) is 0 Å². The topological polar surface area (TPSA) is 0 Å². The van der Waals surface area contributed by atoms with Crippen molar-refractivity contribution in [2.75, 3.05) is 0 Å². The van der Waals surface area contributed by atoms with E-state index in [0.717, 1.165) is 8.58 Å². The van der Waals surface area contributed by atoms with Crippen molar-refractivity contribution in [3.05, 3.63) is 60.7 Å². The molecular weight excluding hydrogens is 543 g/mol. The molecule has 0 aromatic heterocycles. The minimum atomic E-state index is -0.106. The summed E-state index contributed by atoms with van der Waals surface area (Å²) in [5.74, 6) is 0. The Labute approximate surface area is 146 Å². The van der Waals surface area contributed by atoms with Gasteiger partial charge in [-0.05, 0) is 10.6 Å². The second-order valence-electron chi connectivity index (χ2n) is 2.90. The number of rotatable bonds is 2. The van der Waals surface area contributed by atoms with E-state index in [4.69, 9.17) is 19.1 Å². The van der Waals surface area contributed by atoms with E-state index in [9.17, 15) is 0 Å². The van der Waals surface area contributed by atoms with Crippen molar-refractivity contribution in [2.24, 2.45) is 0 Å². The fraction of sp³-hybridized carbons (Fsp3) is 0. The zero-order valence-electron chi connectivity index (χ0n) is 9.03. The summed E-state index contributed by atoms with van der Waals surface area (Å²) in [6, 6.07) is 21.2. The molecule has 0 bridgehead atoms. The Bertz CT molecular complexity index is 354. The number of benzene rings is 2. The first-order valence-corrected chi connectivity index (χ1v) is 12.7. The minimum Gasteiger partial charge on any atom is -0.0622 e. The van der Waals surface area contributed by atoms with Crippen LogP contribution in [0.4, 0.5) is 0 Å². The van der Waals surface area contributed by atoms with Crippen molar-refractivity contribution in [3.63, 3.8) is 0 Å². The molecule has 0 aliphatic rings. The Morgan fingerprint density at radius 1 is 0.778 bits per heavy atom. The summed E-state index contributed by atoms with van der Waals surface area (Å²) in [6.45, 7) is 0. The van der Waals surface area contributed by atoms with Crippen molar-refractivity contribution in [1.82, 2.24) is 0 Å². The Kier molecular flexibility index (Phi) is 15.9. The molecule has 0 radical (unpaired) electrons. The van der Waals surface area contributed by atoms with E-state index in [2.05, 4.69) is 73.4 Å². The molecule has 0 fully saturated rings. The standard InChI is InChI=1S/C12H11P.2ClH.Cu.HI.Pd/c1-3-7-11(8-4-1)13-12-9-5-2-6-10-12;;;;;/h1-10,13H;2*1H;;1H;/q;;;+1;;+2/p-3. The van der Waals surface area contributed by atoms with Gasteiger partial charge in [0, 0.05) is 0 Å². The normalized spacial score (nSPS) is 8.72. The van der Waals surface area contributed by atoms with Crippen LogP contribution < -0.4 is 10.6 Å². The van der Waals surface area contributed by atoms with Gasteiger partial charge in [0.05, 0.1) is 0 Å². The summed E-state index contributed by atoms with van der Waals surface area (Å²) < 4.78 is 0. The van der Waals surface area contributed by atoms with E-state index in [1.807, 2.05) is 0 Å². The van der Waals surface area contributed by atoms with Crippen molar-refractivity contribution in [3.8, 4) is 0 Å². The maximum atomic E-state index is 4.81. The summed E-state index contributed by atoms with van der Waals surface area (Å²) >= 11 is 5.76. The minimum absolute atomic E-state index is 0.106. The van der Waals surface area contributed by atoms with E-state index in [1.54, 1.807) is 20.3 Å². The fourth-order valence-corrected chi connectivity index (χ4v) is 2.26.